The Morgan fingerprint density at radius 3 is 2.16 bits per heavy atom. The predicted octanol–water partition coefficient (Wildman–Crippen LogP) is 4.54. The molecule has 6 nitrogen and oxygen atoms in total. The molecule has 2 aromatic rings. The topological polar surface area (TPSA) is 99.4 Å². The van der Waals surface area contributed by atoms with Gasteiger partial charge in [0.15, 0.2) is 0 Å². The van der Waals surface area contributed by atoms with Crippen LogP contribution in [-0.2, 0) is 15.4 Å². The van der Waals surface area contributed by atoms with Gasteiger partial charge < -0.3 is 9.84 Å². The summed E-state index contributed by atoms with van der Waals surface area (Å²) in [5, 5.41) is 20.2. The number of sulfonamides is 1. The van der Waals surface area contributed by atoms with Crippen molar-refractivity contribution in [2.75, 3.05) is 11.8 Å². The summed E-state index contributed by atoms with van der Waals surface area (Å²) < 4.78 is 34.4. The van der Waals surface area contributed by atoms with E-state index < -0.39 is 10.0 Å². The lowest BCUT2D eigenvalue weighted by molar-refractivity contribution is -0.00638. The molecule has 31 heavy (non-hydrogen) atoms. The van der Waals surface area contributed by atoms with E-state index in [1.807, 2.05) is 12.1 Å². The number of hydrogen-bond donors (Lipinski definition) is 2. The molecule has 0 spiro atoms. The van der Waals surface area contributed by atoms with E-state index in [-0.39, 0.29) is 16.1 Å². The Hall–Kier alpha value is -2.72. The smallest absolute Gasteiger partial charge is 0.265 e. The van der Waals surface area contributed by atoms with Gasteiger partial charge >= 0.3 is 0 Å². The largest absolute Gasteiger partial charge is 0.506 e. The van der Waals surface area contributed by atoms with Gasteiger partial charge in [0.25, 0.3) is 10.0 Å². The van der Waals surface area contributed by atoms with E-state index in [0.29, 0.717) is 40.3 Å². The number of aromatic hydroxyl groups is 1. The lowest BCUT2D eigenvalue weighted by Crippen LogP contribution is -2.48. The second kappa shape index (κ2) is 7.16. The fourth-order valence-electron chi connectivity index (χ4n) is 6.57. The number of ether oxygens (including phenoxy) is 1. The van der Waals surface area contributed by atoms with Crippen LogP contribution in [0.5, 0.6) is 11.5 Å². The maximum absolute atomic E-state index is 13.2. The molecule has 4 saturated carbocycles. The molecule has 2 aromatic carbocycles. The highest BCUT2D eigenvalue weighted by Crippen LogP contribution is 2.62. The van der Waals surface area contributed by atoms with E-state index in [4.69, 9.17) is 10.00 Å². The van der Waals surface area contributed by atoms with Crippen LogP contribution >= 0.6 is 0 Å². The highest BCUT2D eigenvalue weighted by molar-refractivity contribution is 7.92. The lowest BCUT2D eigenvalue weighted by atomic mass is 9.48. The van der Waals surface area contributed by atoms with E-state index >= 15 is 0 Å². The number of methoxy groups -OCH3 is 1. The van der Waals surface area contributed by atoms with E-state index in [1.165, 1.54) is 44.6 Å². The minimum absolute atomic E-state index is 0.163. The number of phenols is 1. The minimum atomic E-state index is -4.05. The number of nitriles is 1. The molecule has 0 aromatic heterocycles. The highest BCUT2D eigenvalue weighted by atomic mass is 32.2. The fraction of sp³-hybridized carbons (Fsp3) is 0.458. The zero-order valence-electron chi connectivity index (χ0n) is 17.5. The van der Waals surface area contributed by atoms with Gasteiger partial charge in [0.1, 0.15) is 16.4 Å². The molecule has 6 rings (SSSR count). The third-order valence-electron chi connectivity index (χ3n) is 7.45. The second-order valence-electron chi connectivity index (χ2n) is 9.51. The van der Waals surface area contributed by atoms with E-state index in [1.54, 1.807) is 12.1 Å². The number of anilines is 1. The molecule has 0 heterocycles. The molecule has 2 N–H and O–H groups in total. The zero-order valence-corrected chi connectivity index (χ0v) is 18.3. The molecule has 0 aliphatic heterocycles. The quantitative estimate of drug-likeness (QED) is 0.714. The van der Waals surface area contributed by atoms with Crippen LogP contribution < -0.4 is 9.46 Å². The van der Waals surface area contributed by atoms with Gasteiger partial charge in [-0.2, -0.15) is 5.26 Å². The number of nitrogens with zero attached hydrogens (tertiary/aromatic N) is 1. The Balaban J connectivity index is 1.56. The standard InChI is InChI=1S/C24H26N2O4S/c1-30-20-9-21(24-11-16-6-17(12-24)8-18(7-16)13-24)23(27)22(10-20)31(28,29)26-19-4-2-15(14-25)3-5-19/h2-5,9-10,16-18,26-27H,6-8,11-13H2,1H3. The second-order valence-corrected chi connectivity index (χ2v) is 11.2. The van der Waals surface area contributed by atoms with Gasteiger partial charge in [-0.3, -0.25) is 4.72 Å². The van der Waals surface area contributed by atoms with Crippen molar-refractivity contribution < 1.29 is 18.3 Å². The third-order valence-corrected chi connectivity index (χ3v) is 8.84. The summed E-state index contributed by atoms with van der Waals surface area (Å²) in [5.41, 5.74) is 1.31. The van der Waals surface area contributed by atoms with Crippen molar-refractivity contribution in [3.8, 4) is 17.6 Å². The number of hydrogen-bond acceptors (Lipinski definition) is 5. The Morgan fingerprint density at radius 1 is 1.06 bits per heavy atom. The van der Waals surface area contributed by atoms with Crippen LogP contribution in [0.3, 0.4) is 0 Å². The Bertz CT molecular complexity index is 1130. The molecule has 162 valence electrons. The summed E-state index contributed by atoms with van der Waals surface area (Å²) in [4.78, 5) is -0.165. The first-order valence-electron chi connectivity index (χ1n) is 10.8. The first-order chi connectivity index (χ1) is 14.8. The Labute approximate surface area is 182 Å². The van der Waals surface area contributed by atoms with Crippen LogP contribution in [0, 0.1) is 29.1 Å². The summed E-state index contributed by atoms with van der Waals surface area (Å²) in [7, 11) is -2.54. The van der Waals surface area contributed by atoms with Gasteiger partial charge in [-0.1, -0.05) is 0 Å². The van der Waals surface area contributed by atoms with Crippen molar-refractivity contribution in [1.29, 1.82) is 5.26 Å². The van der Waals surface area contributed by atoms with Gasteiger partial charge in [0.05, 0.1) is 18.7 Å². The third kappa shape index (κ3) is 3.43. The minimum Gasteiger partial charge on any atom is -0.506 e. The van der Waals surface area contributed by atoms with Gasteiger partial charge in [0.2, 0.25) is 0 Å². The molecule has 0 unspecified atom stereocenters. The normalized spacial score (nSPS) is 28.8. The summed E-state index contributed by atoms with van der Waals surface area (Å²) in [6, 6.07) is 11.4. The molecule has 4 bridgehead atoms. The Kier molecular flexibility index (Phi) is 4.67. The van der Waals surface area contributed by atoms with Crippen LogP contribution in [-0.4, -0.2) is 20.6 Å². The van der Waals surface area contributed by atoms with Crippen molar-refractivity contribution in [1.82, 2.24) is 0 Å². The van der Waals surface area contributed by atoms with E-state index in [9.17, 15) is 13.5 Å². The number of benzene rings is 2. The molecular formula is C24H26N2O4S. The molecule has 4 aliphatic carbocycles. The number of nitrogens with one attached hydrogen (secondary N) is 1. The molecule has 0 radical (unpaired) electrons. The van der Waals surface area contributed by atoms with Crippen molar-refractivity contribution in [2.45, 2.75) is 48.8 Å². The molecule has 7 heteroatoms. The van der Waals surface area contributed by atoms with Gasteiger partial charge in [-0.05, 0) is 92.0 Å². The molecule has 0 amide bonds. The molecular weight excluding hydrogens is 412 g/mol. The van der Waals surface area contributed by atoms with Gasteiger partial charge in [-0.25, -0.2) is 8.42 Å². The maximum atomic E-state index is 13.2. The first-order valence-corrected chi connectivity index (χ1v) is 12.2. The summed E-state index contributed by atoms with van der Waals surface area (Å²) >= 11 is 0. The average molecular weight is 439 g/mol. The average Bonchev–Trinajstić information content (AvgIpc) is 2.73. The molecule has 0 atom stereocenters. The van der Waals surface area contributed by atoms with Crippen LogP contribution in [0.15, 0.2) is 41.3 Å². The zero-order chi connectivity index (χ0) is 21.8. The number of rotatable bonds is 5. The van der Waals surface area contributed by atoms with E-state index in [0.717, 1.165) is 19.3 Å². The highest BCUT2D eigenvalue weighted by Gasteiger charge is 2.53. The van der Waals surface area contributed by atoms with Crippen LogP contribution in [0.25, 0.3) is 0 Å². The van der Waals surface area contributed by atoms with Crippen molar-refractivity contribution in [2.24, 2.45) is 17.8 Å². The molecule has 4 aliphatic rings. The molecule has 4 fully saturated rings. The van der Waals surface area contributed by atoms with Gasteiger partial charge in [0, 0.05) is 17.3 Å². The fourth-order valence-corrected chi connectivity index (χ4v) is 7.77. The monoisotopic (exact) mass is 438 g/mol. The van der Waals surface area contributed by atoms with Gasteiger partial charge in [-0.15, -0.1) is 0 Å². The van der Waals surface area contributed by atoms with Crippen molar-refractivity contribution in [3.63, 3.8) is 0 Å². The lowest BCUT2D eigenvalue weighted by Gasteiger charge is -2.57. The van der Waals surface area contributed by atoms with Crippen molar-refractivity contribution >= 4 is 15.7 Å². The Morgan fingerprint density at radius 2 is 1.65 bits per heavy atom. The summed E-state index contributed by atoms with van der Waals surface area (Å²) in [5.74, 6) is 2.25. The first kappa shape index (κ1) is 20.2. The summed E-state index contributed by atoms with van der Waals surface area (Å²) in [6.07, 6.45) is 6.78. The van der Waals surface area contributed by atoms with E-state index in [2.05, 4.69) is 4.72 Å². The van der Waals surface area contributed by atoms with Crippen LogP contribution in [0.4, 0.5) is 5.69 Å². The maximum Gasteiger partial charge on any atom is 0.265 e. The predicted molar refractivity (Wildman–Crippen MR) is 116 cm³/mol. The summed E-state index contributed by atoms with van der Waals surface area (Å²) in [6.45, 7) is 0. The molecule has 0 saturated heterocycles. The van der Waals surface area contributed by atoms with Crippen LogP contribution in [0.2, 0.25) is 0 Å². The van der Waals surface area contributed by atoms with Crippen LogP contribution in [0.1, 0.15) is 49.7 Å². The van der Waals surface area contributed by atoms with Crippen molar-refractivity contribution in [3.05, 3.63) is 47.5 Å². The number of phenolic OH excluding ortho intramolecular Hbond substituents is 1. The SMILES string of the molecule is COc1cc(C23CC4CC(CC(C4)C2)C3)c(O)c(S(=O)(=O)Nc2ccc(C#N)cc2)c1.